The summed E-state index contributed by atoms with van der Waals surface area (Å²) in [5.41, 5.74) is 0.977. The van der Waals surface area contributed by atoms with Crippen LogP contribution in [0.15, 0.2) is 24.3 Å². The summed E-state index contributed by atoms with van der Waals surface area (Å²) >= 11 is 1.64. The van der Waals surface area contributed by atoms with E-state index in [2.05, 4.69) is 20.9 Å². The van der Waals surface area contributed by atoms with E-state index in [1.54, 1.807) is 16.2 Å². The van der Waals surface area contributed by atoms with E-state index in [1.165, 1.54) is 0 Å². The first kappa shape index (κ1) is 20.7. The molecule has 0 spiro atoms. The van der Waals surface area contributed by atoms with Gasteiger partial charge in [-0.25, -0.2) is 13.4 Å². The van der Waals surface area contributed by atoms with Gasteiger partial charge in [0.2, 0.25) is 5.91 Å². The number of amides is 1. The van der Waals surface area contributed by atoms with Crippen molar-refractivity contribution >= 4 is 37.3 Å². The smallest absolute Gasteiger partial charge is 0.237 e. The number of benzene rings is 1. The molecule has 4 rings (SSSR count). The Morgan fingerprint density at radius 2 is 2.00 bits per heavy atom. The third-order valence-electron chi connectivity index (χ3n) is 6.13. The third-order valence-corrected chi connectivity index (χ3v) is 9.09. The monoisotopic (exact) mass is 436 g/mol. The minimum Gasteiger partial charge on any atom is -0.335 e. The lowest BCUT2D eigenvalue weighted by Crippen LogP contribution is -2.52. The van der Waals surface area contributed by atoms with Crippen LogP contribution in [0.5, 0.6) is 0 Å². The average molecular weight is 437 g/mol. The van der Waals surface area contributed by atoms with Crippen molar-refractivity contribution in [2.24, 2.45) is 0 Å². The molecule has 2 fully saturated rings. The Kier molecular flexibility index (Phi) is 5.92. The van der Waals surface area contributed by atoms with Gasteiger partial charge in [0.15, 0.2) is 9.84 Å². The molecule has 2 saturated heterocycles. The second-order valence-electron chi connectivity index (χ2n) is 8.07. The Labute approximate surface area is 176 Å². The molecular formula is C20H28N4O3S2. The number of hydrogen-bond donors (Lipinski definition) is 0. The van der Waals surface area contributed by atoms with E-state index in [9.17, 15) is 13.2 Å². The maximum absolute atomic E-state index is 12.8. The number of piperazine rings is 1. The summed E-state index contributed by atoms with van der Waals surface area (Å²) in [6, 6.07) is 8.12. The minimum atomic E-state index is -2.86. The summed E-state index contributed by atoms with van der Waals surface area (Å²) in [5.74, 6) is 0.688. The van der Waals surface area contributed by atoms with Gasteiger partial charge in [-0.3, -0.25) is 14.6 Å². The second kappa shape index (κ2) is 8.29. The van der Waals surface area contributed by atoms with Crippen LogP contribution in [0.25, 0.3) is 10.2 Å². The zero-order valence-corrected chi connectivity index (χ0v) is 18.6. The third kappa shape index (κ3) is 4.63. The molecule has 2 aromatic rings. The number of carbonyl (C=O) groups excluding carboxylic acids is 1. The van der Waals surface area contributed by atoms with Crippen LogP contribution >= 0.6 is 11.3 Å². The van der Waals surface area contributed by atoms with Gasteiger partial charge in [0.25, 0.3) is 0 Å². The summed E-state index contributed by atoms with van der Waals surface area (Å²) in [6.07, 6.45) is 0.740. The molecule has 0 saturated carbocycles. The number of likely N-dealkylation sites (N-methyl/N-ethyl adjacent to an activating group) is 1. The number of aromatic nitrogens is 1. The molecule has 7 nitrogen and oxygen atoms in total. The van der Waals surface area contributed by atoms with Gasteiger partial charge in [0.05, 0.1) is 34.3 Å². The number of para-hydroxylation sites is 1. The fourth-order valence-electron chi connectivity index (χ4n) is 4.10. The molecule has 2 aliphatic rings. The first-order chi connectivity index (χ1) is 13.8. The number of nitrogens with zero attached hydrogens (tertiary/aromatic N) is 4. The number of fused-ring (bicyclic) bond motifs is 1. The van der Waals surface area contributed by atoms with Gasteiger partial charge in [0.1, 0.15) is 5.01 Å². The van der Waals surface area contributed by atoms with Crippen molar-refractivity contribution in [3.63, 3.8) is 0 Å². The Morgan fingerprint density at radius 3 is 2.66 bits per heavy atom. The van der Waals surface area contributed by atoms with E-state index in [1.807, 2.05) is 32.2 Å². The molecule has 0 N–H and O–H groups in total. The van der Waals surface area contributed by atoms with Crippen molar-refractivity contribution in [3.05, 3.63) is 29.3 Å². The molecule has 3 heterocycles. The van der Waals surface area contributed by atoms with Crippen molar-refractivity contribution in [1.82, 2.24) is 19.7 Å². The Hall–Kier alpha value is -1.55. The summed E-state index contributed by atoms with van der Waals surface area (Å²) in [6.45, 7) is 5.66. The van der Waals surface area contributed by atoms with Crippen LogP contribution in [0.1, 0.15) is 24.4 Å². The fraction of sp³-hybridized carbons (Fsp3) is 0.600. The highest BCUT2D eigenvalue weighted by Gasteiger charge is 2.34. The topological polar surface area (TPSA) is 73.8 Å². The zero-order chi connectivity index (χ0) is 20.6. The maximum atomic E-state index is 12.8. The summed E-state index contributed by atoms with van der Waals surface area (Å²) < 4.78 is 24.6. The van der Waals surface area contributed by atoms with Crippen molar-refractivity contribution in [1.29, 1.82) is 0 Å². The van der Waals surface area contributed by atoms with Gasteiger partial charge in [-0.2, -0.15) is 0 Å². The van der Waals surface area contributed by atoms with Crippen LogP contribution in [0.3, 0.4) is 0 Å². The molecule has 1 aromatic heterocycles. The number of rotatable bonds is 5. The van der Waals surface area contributed by atoms with E-state index in [0.29, 0.717) is 12.3 Å². The number of thiazole rings is 1. The van der Waals surface area contributed by atoms with Gasteiger partial charge >= 0.3 is 0 Å². The standard InChI is InChI=1S/C20H28N4O3S2/c1-15(20-21-17-5-3-4-6-18(17)28-20)22(2)19(25)13-23-8-10-24(11-9-23)16-7-12-29(26,27)14-16/h3-6,15-16H,7-14H2,1-2H3/t15-,16+/m1/s1. The van der Waals surface area contributed by atoms with Crippen LogP contribution in [0.4, 0.5) is 0 Å². The minimum absolute atomic E-state index is 0.0649. The molecule has 9 heteroatoms. The normalized spacial score (nSPS) is 24.0. The van der Waals surface area contributed by atoms with Crippen molar-refractivity contribution in [2.45, 2.75) is 25.4 Å². The van der Waals surface area contributed by atoms with Crippen molar-refractivity contribution in [2.75, 3.05) is 51.3 Å². The molecular weight excluding hydrogens is 408 g/mol. The number of hydrogen-bond acceptors (Lipinski definition) is 7. The SMILES string of the molecule is C[C@H](c1nc2ccccc2s1)N(C)C(=O)CN1CCN([C@H]2CCS(=O)(=O)C2)CC1. The lowest BCUT2D eigenvalue weighted by molar-refractivity contribution is -0.133. The molecule has 0 unspecified atom stereocenters. The maximum Gasteiger partial charge on any atom is 0.237 e. The highest BCUT2D eigenvalue weighted by atomic mass is 32.2. The molecule has 29 heavy (non-hydrogen) atoms. The molecule has 2 aliphatic heterocycles. The first-order valence-corrected chi connectivity index (χ1v) is 12.7. The highest BCUT2D eigenvalue weighted by molar-refractivity contribution is 7.91. The van der Waals surface area contributed by atoms with Crippen LogP contribution in [-0.4, -0.2) is 91.3 Å². The van der Waals surface area contributed by atoms with E-state index >= 15 is 0 Å². The Balaban J connectivity index is 1.30. The fourth-order valence-corrected chi connectivity index (χ4v) is 6.93. The zero-order valence-electron chi connectivity index (χ0n) is 17.0. The second-order valence-corrected chi connectivity index (χ2v) is 11.4. The quantitative estimate of drug-likeness (QED) is 0.709. The molecule has 0 radical (unpaired) electrons. The largest absolute Gasteiger partial charge is 0.335 e. The molecule has 0 bridgehead atoms. The average Bonchev–Trinajstić information content (AvgIpc) is 3.30. The van der Waals surface area contributed by atoms with Gasteiger partial charge in [-0.1, -0.05) is 12.1 Å². The summed E-state index contributed by atoms with van der Waals surface area (Å²) in [5, 5.41) is 0.953. The molecule has 2 atom stereocenters. The van der Waals surface area contributed by atoms with E-state index < -0.39 is 9.84 Å². The summed E-state index contributed by atoms with van der Waals surface area (Å²) in [7, 11) is -1.01. The first-order valence-electron chi connectivity index (χ1n) is 10.1. The highest BCUT2D eigenvalue weighted by Crippen LogP contribution is 2.29. The lowest BCUT2D eigenvalue weighted by atomic mass is 10.2. The molecule has 1 amide bonds. The van der Waals surface area contributed by atoms with Crippen LogP contribution in [0, 0.1) is 0 Å². The van der Waals surface area contributed by atoms with E-state index in [-0.39, 0.29) is 23.7 Å². The van der Waals surface area contributed by atoms with E-state index in [0.717, 1.165) is 47.8 Å². The van der Waals surface area contributed by atoms with E-state index in [4.69, 9.17) is 0 Å². The predicted molar refractivity (Wildman–Crippen MR) is 116 cm³/mol. The summed E-state index contributed by atoms with van der Waals surface area (Å²) in [4.78, 5) is 23.7. The Bertz CT molecular complexity index is 950. The number of sulfone groups is 1. The predicted octanol–water partition coefficient (Wildman–Crippen LogP) is 1.62. The van der Waals surface area contributed by atoms with Crippen LogP contribution in [0.2, 0.25) is 0 Å². The van der Waals surface area contributed by atoms with Crippen LogP contribution in [-0.2, 0) is 14.6 Å². The molecule has 158 valence electrons. The lowest BCUT2D eigenvalue weighted by Gasteiger charge is -2.38. The van der Waals surface area contributed by atoms with Crippen molar-refractivity contribution in [3.8, 4) is 0 Å². The molecule has 0 aliphatic carbocycles. The Morgan fingerprint density at radius 1 is 1.28 bits per heavy atom. The van der Waals surface area contributed by atoms with Gasteiger partial charge < -0.3 is 4.90 Å². The van der Waals surface area contributed by atoms with Gasteiger partial charge in [-0.15, -0.1) is 11.3 Å². The van der Waals surface area contributed by atoms with Crippen molar-refractivity contribution < 1.29 is 13.2 Å². The van der Waals surface area contributed by atoms with Crippen LogP contribution < -0.4 is 0 Å². The number of carbonyl (C=O) groups is 1. The molecule has 1 aromatic carbocycles. The van der Waals surface area contributed by atoms with Gasteiger partial charge in [0, 0.05) is 39.3 Å². The van der Waals surface area contributed by atoms with Gasteiger partial charge in [-0.05, 0) is 25.5 Å².